The van der Waals surface area contributed by atoms with Crippen LogP contribution in [0.15, 0.2) is 48.6 Å². The average Bonchev–Trinajstić information content (AvgIpc) is 3.31. The van der Waals surface area contributed by atoms with E-state index in [1.54, 1.807) is 0 Å². The maximum Gasteiger partial charge on any atom is 0.306 e. The Kier molecular flexibility index (Phi) is 49.6. The van der Waals surface area contributed by atoms with Crippen molar-refractivity contribution in [2.75, 3.05) is 41.0 Å². The van der Waals surface area contributed by atoms with Crippen LogP contribution in [0.2, 0.25) is 0 Å². The minimum absolute atomic E-state index is 0.0414. The van der Waals surface area contributed by atoms with E-state index < -0.39 is 18.1 Å². The van der Waals surface area contributed by atoms with Gasteiger partial charge in [0, 0.05) is 19.3 Å². The maximum absolute atomic E-state index is 12.8. The number of carboxylic acids is 1. The summed E-state index contributed by atoms with van der Waals surface area (Å²) in [5, 5.41) is 11.7. The van der Waals surface area contributed by atoms with Crippen molar-refractivity contribution >= 4 is 17.9 Å². The second kappa shape index (κ2) is 51.6. The fourth-order valence-electron chi connectivity index (χ4n) is 8.77. The van der Waals surface area contributed by atoms with E-state index >= 15 is 0 Å². The summed E-state index contributed by atoms with van der Waals surface area (Å²) in [5.41, 5.74) is 0. The van der Waals surface area contributed by atoms with E-state index in [0.29, 0.717) is 12.8 Å². The lowest BCUT2D eigenvalue weighted by atomic mass is 10.0. The number of rotatable bonds is 53. The molecule has 0 saturated heterocycles. The van der Waals surface area contributed by atoms with Crippen LogP contribution in [-0.2, 0) is 28.6 Å². The number of esters is 2. The molecule has 0 aliphatic carbocycles. The Bertz CT molecular complexity index is 1270. The average molecular weight is 971 g/mol. The van der Waals surface area contributed by atoms with Gasteiger partial charge in [0.2, 0.25) is 0 Å². The number of carbonyl (C=O) groups excluding carboxylic acids is 3. The zero-order chi connectivity index (χ0) is 50.6. The maximum atomic E-state index is 12.8. The Labute approximate surface area is 426 Å². The lowest BCUT2D eigenvalue weighted by Crippen LogP contribution is -2.55. The first-order valence-electron chi connectivity index (χ1n) is 29.2. The third-order valence-corrected chi connectivity index (χ3v) is 13.2. The summed E-state index contributed by atoms with van der Waals surface area (Å²) in [7, 11) is 5.43. The van der Waals surface area contributed by atoms with Crippen molar-refractivity contribution in [3.05, 3.63) is 48.6 Å². The van der Waals surface area contributed by atoms with E-state index in [0.717, 1.165) is 70.6 Å². The van der Waals surface area contributed by atoms with E-state index in [1.807, 2.05) is 21.1 Å². The first kappa shape index (κ1) is 66.3. The van der Waals surface area contributed by atoms with E-state index in [-0.39, 0.29) is 42.7 Å². The van der Waals surface area contributed by atoms with Gasteiger partial charge in [-0.15, -0.1) is 0 Å². The number of hydrogen-bond donors (Lipinski definition) is 0. The van der Waals surface area contributed by atoms with E-state index in [4.69, 9.17) is 14.2 Å². The van der Waals surface area contributed by atoms with Crippen LogP contribution >= 0.6 is 0 Å². The van der Waals surface area contributed by atoms with Crippen molar-refractivity contribution < 1.29 is 38.2 Å². The van der Waals surface area contributed by atoms with Crippen molar-refractivity contribution in [2.24, 2.45) is 0 Å². The zero-order valence-electron chi connectivity index (χ0n) is 46.0. The van der Waals surface area contributed by atoms with Crippen molar-refractivity contribution in [3.8, 4) is 0 Å². The second-order valence-electron chi connectivity index (χ2n) is 20.9. The van der Waals surface area contributed by atoms with Gasteiger partial charge in [0.25, 0.3) is 0 Å². The molecule has 0 aromatic heterocycles. The summed E-state index contributed by atoms with van der Waals surface area (Å²) in [6, 6.07) is -0.727. The summed E-state index contributed by atoms with van der Waals surface area (Å²) < 4.78 is 17.3. The highest BCUT2D eigenvalue weighted by Gasteiger charge is 2.25. The highest BCUT2D eigenvalue weighted by atomic mass is 16.6. The number of aliphatic carboxylic acids is 1. The largest absolute Gasteiger partial charge is 0.544 e. The molecule has 0 rings (SSSR count). The Morgan fingerprint density at radius 2 is 0.812 bits per heavy atom. The number of carbonyl (C=O) groups is 3. The molecule has 0 aromatic carbocycles. The molecular weight excluding hydrogens is 859 g/mol. The van der Waals surface area contributed by atoms with Gasteiger partial charge in [0.05, 0.1) is 40.3 Å². The van der Waals surface area contributed by atoms with Crippen molar-refractivity contribution in [1.82, 2.24) is 0 Å². The van der Waals surface area contributed by atoms with Crippen LogP contribution in [0.3, 0.4) is 0 Å². The fraction of sp³-hybridized carbons (Fsp3) is 0.820. The number of carboxylic acid groups (broad SMARTS) is 1. The standard InChI is InChI=1S/C61H111NO7/c1-6-8-10-12-14-16-18-20-22-24-26-28-30-32-34-36-38-40-42-44-46-48-50-52-60(64)69-57(55-67-54-53-58(61(65)66)62(3,4)5)56-68-59(63)51-49-47-45-43-41-39-37-35-33-31-29-27-25-23-21-19-17-15-13-11-9-7-2/h9,11,15,17,21,23,27,29,57-58H,6-8,10,12-14,16,18-20,22,24-26,28,30-56H2,1-5H3/b11-9+,17-15+,23-21+,29-27+. The van der Waals surface area contributed by atoms with Crippen LogP contribution < -0.4 is 5.11 Å². The molecule has 0 heterocycles. The molecule has 8 heteroatoms. The van der Waals surface area contributed by atoms with Crippen LogP contribution in [0.1, 0.15) is 271 Å². The van der Waals surface area contributed by atoms with E-state index in [1.165, 1.54) is 167 Å². The van der Waals surface area contributed by atoms with Crippen molar-refractivity contribution in [2.45, 2.75) is 283 Å². The van der Waals surface area contributed by atoms with Gasteiger partial charge in [-0.1, -0.05) is 249 Å². The Hall–Kier alpha value is -2.71. The third-order valence-electron chi connectivity index (χ3n) is 13.2. The number of nitrogens with zero attached hydrogens (tertiary/aromatic N) is 1. The smallest absolute Gasteiger partial charge is 0.306 e. The summed E-state index contributed by atoms with van der Waals surface area (Å²) in [6.07, 6.45) is 64.4. The monoisotopic (exact) mass is 970 g/mol. The van der Waals surface area contributed by atoms with Crippen molar-refractivity contribution in [1.29, 1.82) is 0 Å². The predicted molar refractivity (Wildman–Crippen MR) is 291 cm³/mol. The molecule has 69 heavy (non-hydrogen) atoms. The normalized spacial score (nSPS) is 13.1. The molecule has 2 unspecified atom stereocenters. The Morgan fingerprint density at radius 1 is 0.449 bits per heavy atom. The van der Waals surface area contributed by atoms with Crippen LogP contribution in [0.4, 0.5) is 0 Å². The van der Waals surface area contributed by atoms with Gasteiger partial charge in [0.1, 0.15) is 12.6 Å². The lowest BCUT2D eigenvalue weighted by molar-refractivity contribution is -0.889. The fourth-order valence-corrected chi connectivity index (χ4v) is 8.77. The topological polar surface area (TPSA) is 102 Å². The quantitative estimate of drug-likeness (QED) is 0.0259. The van der Waals surface area contributed by atoms with Gasteiger partial charge in [0.15, 0.2) is 6.10 Å². The molecule has 0 N–H and O–H groups in total. The summed E-state index contributed by atoms with van der Waals surface area (Å²) in [6.45, 7) is 4.59. The van der Waals surface area contributed by atoms with E-state index in [9.17, 15) is 19.5 Å². The minimum Gasteiger partial charge on any atom is -0.544 e. The number of ether oxygens (including phenoxy) is 3. The van der Waals surface area contributed by atoms with Gasteiger partial charge in [-0.05, 0) is 51.4 Å². The van der Waals surface area contributed by atoms with Crippen molar-refractivity contribution in [3.63, 3.8) is 0 Å². The molecule has 0 amide bonds. The number of quaternary nitrogens is 1. The highest BCUT2D eigenvalue weighted by Crippen LogP contribution is 2.17. The summed E-state index contributed by atoms with van der Waals surface area (Å²) >= 11 is 0. The molecule has 402 valence electrons. The SMILES string of the molecule is CC/C=C/C/C=C/C/C=C/C/C=C/CCCCCCCCCCCC(=O)OCC(COCCC(C(=O)[O-])[N+](C)(C)C)OC(=O)CCCCCCCCCCCCCCCCCCCCCCCCC. The molecule has 0 aromatic rings. The molecule has 0 aliphatic rings. The summed E-state index contributed by atoms with van der Waals surface area (Å²) in [5.74, 6) is -1.73. The minimum atomic E-state index is -1.12. The Balaban J connectivity index is 4.14. The number of likely N-dealkylation sites (N-methyl/N-ethyl adjacent to an activating group) is 1. The van der Waals surface area contributed by atoms with E-state index in [2.05, 4.69) is 62.5 Å². The second-order valence-corrected chi connectivity index (χ2v) is 20.9. The number of allylic oxidation sites excluding steroid dienone is 8. The summed E-state index contributed by atoms with van der Waals surface area (Å²) in [4.78, 5) is 37.2. The van der Waals surface area contributed by atoms with Gasteiger partial charge in [-0.2, -0.15) is 0 Å². The van der Waals surface area contributed by atoms with Gasteiger partial charge in [-0.3, -0.25) is 9.59 Å². The number of unbranched alkanes of at least 4 members (excludes halogenated alkanes) is 31. The zero-order valence-corrected chi connectivity index (χ0v) is 46.0. The lowest BCUT2D eigenvalue weighted by Gasteiger charge is -2.34. The first-order chi connectivity index (χ1) is 33.6. The molecule has 0 fully saturated rings. The molecule has 8 nitrogen and oxygen atoms in total. The van der Waals surface area contributed by atoms with Crippen LogP contribution in [0.25, 0.3) is 0 Å². The molecule has 0 spiro atoms. The molecule has 0 bridgehead atoms. The molecular formula is C61H111NO7. The van der Waals surface area contributed by atoms with Crippen LogP contribution in [-0.4, -0.2) is 75.5 Å². The highest BCUT2D eigenvalue weighted by molar-refractivity contribution is 5.70. The van der Waals surface area contributed by atoms with Gasteiger partial charge in [-0.25, -0.2) is 0 Å². The molecule has 0 aliphatic heterocycles. The molecule has 2 atom stereocenters. The molecule has 0 radical (unpaired) electrons. The first-order valence-corrected chi connectivity index (χ1v) is 29.2. The molecule has 0 saturated carbocycles. The third kappa shape index (κ3) is 50.0. The van der Waals surface area contributed by atoms with Crippen LogP contribution in [0, 0.1) is 0 Å². The number of hydrogen-bond acceptors (Lipinski definition) is 7. The Morgan fingerprint density at radius 3 is 1.20 bits per heavy atom. The van der Waals surface area contributed by atoms with Gasteiger partial charge >= 0.3 is 11.9 Å². The van der Waals surface area contributed by atoms with Gasteiger partial charge < -0.3 is 28.6 Å². The predicted octanol–water partition coefficient (Wildman–Crippen LogP) is 16.2. The van der Waals surface area contributed by atoms with Crippen LogP contribution in [0.5, 0.6) is 0 Å².